The summed E-state index contributed by atoms with van der Waals surface area (Å²) in [5.74, 6) is 3.18. The zero-order chi connectivity index (χ0) is 19.7. The lowest BCUT2D eigenvalue weighted by molar-refractivity contribution is 0.0744. The van der Waals surface area contributed by atoms with E-state index in [-0.39, 0.29) is 5.91 Å². The predicted octanol–water partition coefficient (Wildman–Crippen LogP) is 1.19. The fraction of sp³-hybridized carbons (Fsp3) is 0.579. The van der Waals surface area contributed by atoms with E-state index >= 15 is 0 Å². The number of hydrogen-bond acceptors (Lipinski definition) is 8. The Labute approximate surface area is 164 Å². The molecule has 0 aromatic carbocycles. The van der Waals surface area contributed by atoms with Crippen LogP contribution in [0.15, 0.2) is 10.6 Å². The number of nitrogens with zero attached hydrogens (tertiary/aromatic N) is 6. The van der Waals surface area contributed by atoms with E-state index in [1.807, 2.05) is 17.9 Å². The Kier molecular flexibility index (Phi) is 5.17. The van der Waals surface area contributed by atoms with Crippen molar-refractivity contribution in [3.8, 4) is 0 Å². The SMILES string of the molecule is Cc1nc(N2CCOCC2)cc(N2CCN(C(=O)c3c(C)noc3C)CC2)n1. The van der Waals surface area contributed by atoms with E-state index in [9.17, 15) is 4.79 Å². The van der Waals surface area contributed by atoms with Crippen molar-refractivity contribution in [3.05, 3.63) is 28.9 Å². The van der Waals surface area contributed by atoms with Crippen LogP contribution < -0.4 is 9.80 Å². The molecule has 9 heteroatoms. The first-order valence-corrected chi connectivity index (χ1v) is 9.68. The molecule has 0 atom stereocenters. The van der Waals surface area contributed by atoms with Gasteiger partial charge in [0.1, 0.15) is 28.8 Å². The van der Waals surface area contributed by atoms with Crippen molar-refractivity contribution in [2.24, 2.45) is 0 Å². The second-order valence-corrected chi connectivity index (χ2v) is 7.21. The molecule has 9 nitrogen and oxygen atoms in total. The fourth-order valence-electron chi connectivity index (χ4n) is 3.74. The van der Waals surface area contributed by atoms with Gasteiger partial charge in [0.2, 0.25) is 0 Å². The Morgan fingerprint density at radius 2 is 1.54 bits per heavy atom. The first-order valence-electron chi connectivity index (χ1n) is 9.68. The van der Waals surface area contributed by atoms with Crippen LogP contribution in [-0.4, -0.2) is 78.4 Å². The van der Waals surface area contributed by atoms with Crippen molar-refractivity contribution in [2.45, 2.75) is 20.8 Å². The molecule has 2 saturated heterocycles. The third-order valence-electron chi connectivity index (χ3n) is 5.28. The summed E-state index contributed by atoms with van der Waals surface area (Å²) in [5, 5.41) is 3.89. The van der Waals surface area contributed by atoms with Gasteiger partial charge in [-0.1, -0.05) is 5.16 Å². The first-order chi connectivity index (χ1) is 13.5. The molecule has 2 aliphatic rings. The molecule has 28 heavy (non-hydrogen) atoms. The van der Waals surface area contributed by atoms with Gasteiger partial charge in [0, 0.05) is 45.3 Å². The third kappa shape index (κ3) is 3.66. The van der Waals surface area contributed by atoms with E-state index in [1.54, 1.807) is 13.8 Å². The van der Waals surface area contributed by atoms with Gasteiger partial charge in [0.25, 0.3) is 5.91 Å². The van der Waals surface area contributed by atoms with Crippen molar-refractivity contribution < 1.29 is 14.1 Å². The molecule has 1 amide bonds. The Morgan fingerprint density at radius 1 is 0.929 bits per heavy atom. The van der Waals surface area contributed by atoms with E-state index < -0.39 is 0 Å². The summed E-state index contributed by atoms with van der Waals surface area (Å²) in [6.45, 7) is 11.4. The average molecular weight is 386 g/mol. The molecule has 0 aliphatic carbocycles. The van der Waals surface area contributed by atoms with Crippen LogP contribution in [0.4, 0.5) is 11.6 Å². The molecule has 2 aromatic rings. The number of anilines is 2. The van der Waals surface area contributed by atoms with E-state index in [2.05, 4.69) is 24.9 Å². The van der Waals surface area contributed by atoms with E-state index in [0.29, 0.717) is 30.1 Å². The van der Waals surface area contributed by atoms with E-state index in [4.69, 9.17) is 9.26 Å². The summed E-state index contributed by atoms with van der Waals surface area (Å²) in [4.78, 5) is 28.4. The Hall–Kier alpha value is -2.68. The quantitative estimate of drug-likeness (QED) is 0.777. The number of amides is 1. The second-order valence-electron chi connectivity index (χ2n) is 7.21. The highest BCUT2D eigenvalue weighted by molar-refractivity contribution is 5.96. The maximum Gasteiger partial charge on any atom is 0.259 e. The molecule has 4 rings (SSSR count). The summed E-state index contributed by atoms with van der Waals surface area (Å²) < 4.78 is 10.6. The number of ether oxygens (including phenoxy) is 1. The highest BCUT2D eigenvalue weighted by Gasteiger charge is 2.27. The van der Waals surface area contributed by atoms with Crippen LogP contribution in [0, 0.1) is 20.8 Å². The van der Waals surface area contributed by atoms with Crippen LogP contribution in [0.3, 0.4) is 0 Å². The lowest BCUT2D eigenvalue weighted by atomic mass is 10.1. The fourth-order valence-corrected chi connectivity index (χ4v) is 3.74. The van der Waals surface area contributed by atoms with Gasteiger partial charge >= 0.3 is 0 Å². The summed E-state index contributed by atoms with van der Waals surface area (Å²) in [6.07, 6.45) is 0. The molecule has 2 aliphatic heterocycles. The molecule has 0 N–H and O–H groups in total. The molecule has 0 radical (unpaired) electrons. The van der Waals surface area contributed by atoms with Crippen LogP contribution in [0.2, 0.25) is 0 Å². The summed E-state index contributed by atoms with van der Waals surface area (Å²) in [6, 6.07) is 2.05. The monoisotopic (exact) mass is 386 g/mol. The molecule has 150 valence electrons. The number of aromatic nitrogens is 3. The van der Waals surface area contributed by atoms with Crippen LogP contribution in [0.1, 0.15) is 27.6 Å². The van der Waals surface area contributed by atoms with Gasteiger partial charge in [0.15, 0.2) is 0 Å². The van der Waals surface area contributed by atoms with Gasteiger partial charge in [-0.05, 0) is 20.8 Å². The molecule has 2 aromatic heterocycles. The Bertz CT molecular complexity index is 834. The number of carbonyl (C=O) groups is 1. The van der Waals surface area contributed by atoms with Gasteiger partial charge in [-0.25, -0.2) is 9.97 Å². The minimum atomic E-state index is -0.0104. The maximum absolute atomic E-state index is 12.8. The maximum atomic E-state index is 12.8. The van der Waals surface area contributed by atoms with Crippen molar-refractivity contribution in [1.82, 2.24) is 20.0 Å². The van der Waals surface area contributed by atoms with Crippen LogP contribution in [0.5, 0.6) is 0 Å². The number of piperazine rings is 1. The number of carbonyl (C=O) groups excluding carboxylic acids is 1. The zero-order valence-corrected chi connectivity index (χ0v) is 16.6. The second kappa shape index (κ2) is 7.75. The third-order valence-corrected chi connectivity index (χ3v) is 5.28. The Morgan fingerprint density at radius 3 is 2.11 bits per heavy atom. The molecular weight excluding hydrogens is 360 g/mol. The number of hydrogen-bond donors (Lipinski definition) is 0. The largest absolute Gasteiger partial charge is 0.378 e. The summed E-state index contributed by atoms with van der Waals surface area (Å²) >= 11 is 0. The van der Waals surface area contributed by atoms with Crippen LogP contribution >= 0.6 is 0 Å². The Balaban J connectivity index is 1.45. The molecular formula is C19H26N6O3. The van der Waals surface area contributed by atoms with Gasteiger partial charge in [-0.2, -0.15) is 0 Å². The standard InChI is InChI=1S/C19H26N6O3/c1-13-18(14(2)28-22-13)19(26)25-6-4-23(5-7-25)16-12-17(21-15(3)20-16)24-8-10-27-11-9-24/h12H,4-11H2,1-3H3. The van der Waals surface area contributed by atoms with E-state index in [1.165, 1.54) is 0 Å². The molecule has 2 fully saturated rings. The molecule has 4 heterocycles. The highest BCUT2D eigenvalue weighted by Crippen LogP contribution is 2.22. The predicted molar refractivity (Wildman–Crippen MR) is 104 cm³/mol. The normalized spacial score (nSPS) is 17.9. The molecule has 0 bridgehead atoms. The smallest absolute Gasteiger partial charge is 0.259 e. The van der Waals surface area contributed by atoms with Gasteiger partial charge in [-0.3, -0.25) is 4.79 Å². The minimum Gasteiger partial charge on any atom is -0.378 e. The molecule has 0 spiro atoms. The lowest BCUT2D eigenvalue weighted by Crippen LogP contribution is -2.49. The zero-order valence-electron chi connectivity index (χ0n) is 16.6. The molecule has 0 unspecified atom stereocenters. The summed E-state index contributed by atoms with van der Waals surface area (Å²) in [7, 11) is 0. The van der Waals surface area contributed by atoms with Crippen molar-refractivity contribution in [1.29, 1.82) is 0 Å². The van der Waals surface area contributed by atoms with Crippen LogP contribution in [-0.2, 0) is 4.74 Å². The van der Waals surface area contributed by atoms with E-state index in [0.717, 1.165) is 56.9 Å². The first kappa shape index (κ1) is 18.7. The minimum absolute atomic E-state index is 0.0104. The topological polar surface area (TPSA) is 87.8 Å². The van der Waals surface area contributed by atoms with Gasteiger partial charge in [0.05, 0.1) is 18.9 Å². The molecule has 0 saturated carbocycles. The van der Waals surface area contributed by atoms with Crippen molar-refractivity contribution >= 4 is 17.5 Å². The van der Waals surface area contributed by atoms with Crippen LogP contribution in [0.25, 0.3) is 0 Å². The average Bonchev–Trinajstić information content (AvgIpc) is 3.06. The van der Waals surface area contributed by atoms with Crippen molar-refractivity contribution in [3.63, 3.8) is 0 Å². The van der Waals surface area contributed by atoms with Gasteiger partial charge in [-0.15, -0.1) is 0 Å². The number of morpholine rings is 1. The highest BCUT2D eigenvalue weighted by atomic mass is 16.5. The lowest BCUT2D eigenvalue weighted by Gasteiger charge is -2.36. The summed E-state index contributed by atoms with van der Waals surface area (Å²) in [5.41, 5.74) is 1.23. The number of rotatable bonds is 3. The van der Waals surface area contributed by atoms with Gasteiger partial charge < -0.3 is 24.0 Å². The van der Waals surface area contributed by atoms with Crippen molar-refractivity contribution in [2.75, 3.05) is 62.3 Å². The number of aryl methyl sites for hydroxylation is 3.